The van der Waals surface area contributed by atoms with Crippen LogP contribution in [0.5, 0.6) is 0 Å². The maximum absolute atomic E-state index is 12.8. The van der Waals surface area contributed by atoms with Gasteiger partial charge in [-0.2, -0.15) is 0 Å². The summed E-state index contributed by atoms with van der Waals surface area (Å²) in [5.41, 5.74) is -0.972. The molecule has 5 heteroatoms. The first-order chi connectivity index (χ1) is 11.9. The van der Waals surface area contributed by atoms with Crippen LogP contribution in [0.3, 0.4) is 0 Å². The fourth-order valence-corrected chi connectivity index (χ4v) is 2.99. The van der Waals surface area contributed by atoms with Crippen LogP contribution in [0, 0.1) is 11.8 Å². The molecule has 0 radical (unpaired) electrons. The van der Waals surface area contributed by atoms with Crippen LogP contribution >= 0.6 is 0 Å². The molecule has 144 valence electrons. The van der Waals surface area contributed by atoms with Gasteiger partial charge in [0.15, 0.2) is 23.0 Å². The highest BCUT2D eigenvalue weighted by Crippen LogP contribution is 2.41. The topological polar surface area (TPSA) is 91.7 Å². The summed E-state index contributed by atoms with van der Waals surface area (Å²) in [7, 11) is 0. The summed E-state index contributed by atoms with van der Waals surface area (Å²) < 4.78 is 0. The molecule has 0 aromatic carbocycles. The van der Waals surface area contributed by atoms with E-state index in [0.29, 0.717) is 0 Å². The average Bonchev–Trinajstić information content (AvgIpc) is 2.69. The van der Waals surface area contributed by atoms with E-state index in [4.69, 9.17) is 0 Å². The second-order valence-electron chi connectivity index (χ2n) is 7.85. The Morgan fingerprint density at radius 2 is 1.65 bits per heavy atom. The lowest BCUT2D eigenvalue weighted by Gasteiger charge is -2.27. The van der Waals surface area contributed by atoms with Crippen molar-refractivity contribution in [1.29, 1.82) is 0 Å². The van der Waals surface area contributed by atoms with Crippen molar-refractivity contribution in [3.05, 3.63) is 34.6 Å². The molecule has 0 amide bonds. The third kappa shape index (κ3) is 4.58. The van der Waals surface area contributed by atoms with E-state index < -0.39 is 40.2 Å². The van der Waals surface area contributed by atoms with Gasteiger partial charge in [-0.05, 0) is 40.0 Å². The van der Waals surface area contributed by atoms with Crippen molar-refractivity contribution in [3.8, 4) is 0 Å². The Labute approximate surface area is 155 Å². The van der Waals surface area contributed by atoms with Gasteiger partial charge in [0.25, 0.3) is 0 Å². The number of ketones is 3. The number of aliphatic hydroxyl groups excluding tert-OH is 1. The molecule has 0 saturated carbocycles. The van der Waals surface area contributed by atoms with E-state index in [1.807, 2.05) is 41.5 Å². The predicted octanol–water partition coefficient (Wildman–Crippen LogP) is 3.63. The van der Waals surface area contributed by atoms with Crippen molar-refractivity contribution in [3.63, 3.8) is 0 Å². The van der Waals surface area contributed by atoms with Crippen LogP contribution in [0.25, 0.3) is 0 Å². The Bertz CT molecular complexity index is 685. The highest BCUT2D eigenvalue weighted by atomic mass is 16.3. The largest absolute Gasteiger partial charge is 0.508 e. The molecule has 0 spiro atoms. The van der Waals surface area contributed by atoms with Crippen LogP contribution in [0.4, 0.5) is 0 Å². The van der Waals surface area contributed by atoms with Gasteiger partial charge in [0.05, 0.1) is 5.92 Å². The number of allylic oxidation sites excluding steroid dienone is 5. The number of hydrogen-bond donors (Lipinski definition) is 2. The van der Waals surface area contributed by atoms with E-state index in [0.717, 1.165) is 11.1 Å². The molecule has 1 aliphatic rings. The summed E-state index contributed by atoms with van der Waals surface area (Å²) >= 11 is 0. The molecule has 0 fully saturated rings. The summed E-state index contributed by atoms with van der Waals surface area (Å²) in [5.74, 6) is -3.84. The monoisotopic (exact) mass is 362 g/mol. The smallest absolute Gasteiger partial charge is 0.191 e. The lowest BCUT2D eigenvalue weighted by molar-refractivity contribution is -0.144. The predicted molar refractivity (Wildman–Crippen MR) is 101 cm³/mol. The van der Waals surface area contributed by atoms with Gasteiger partial charge in [0, 0.05) is 12.8 Å². The molecular weight excluding hydrogens is 332 g/mol. The number of rotatable bonds is 8. The number of Topliss-reactive ketones (excluding diaryl/α,β-unsaturated/α-hetero) is 3. The number of aliphatic hydroxyl groups is 2. The molecule has 0 heterocycles. The maximum atomic E-state index is 12.8. The molecule has 26 heavy (non-hydrogen) atoms. The van der Waals surface area contributed by atoms with Crippen LogP contribution < -0.4 is 0 Å². The Morgan fingerprint density at radius 1 is 1.12 bits per heavy atom. The highest BCUT2D eigenvalue weighted by Gasteiger charge is 2.58. The first-order valence-corrected chi connectivity index (χ1v) is 8.96. The second kappa shape index (κ2) is 8.58. The maximum Gasteiger partial charge on any atom is 0.191 e. The lowest BCUT2D eigenvalue weighted by atomic mass is 9.81. The average molecular weight is 362 g/mol. The lowest BCUT2D eigenvalue weighted by Crippen LogP contribution is -2.46. The summed E-state index contributed by atoms with van der Waals surface area (Å²) in [4.78, 5) is 38.0. The summed E-state index contributed by atoms with van der Waals surface area (Å²) in [6.45, 7) is 10.9. The first kappa shape index (κ1) is 22.0. The molecule has 0 bridgehead atoms. The fourth-order valence-electron chi connectivity index (χ4n) is 2.99. The molecule has 1 rings (SSSR count). The van der Waals surface area contributed by atoms with Crippen LogP contribution in [-0.4, -0.2) is 33.2 Å². The van der Waals surface area contributed by atoms with Crippen LogP contribution in [0.2, 0.25) is 0 Å². The van der Waals surface area contributed by atoms with E-state index in [1.54, 1.807) is 12.2 Å². The van der Waals surface area contributed by atoms with E-state index in [-0.39, 0.29) is 25.2 Å². The molecular formula is C21H30O5. The van der Waals surface area contributed by atoms with Crippen molar-refractivity contribution < 1.29 is 24.6 Å². The zero-order chi connectivity index (χ0) is 20.2. The van der Waals surface area contributed by atoms with Gasteiger partial charge in [-0.3, -0.25) is 14.4 Å². The van der Waals surface area contributed by atoms with Crippen molar-refractivity contribution in [2.24, 2.45) is 11.8 Å². The normalized spacial score (nSPS) is 22.6. The van der Waals surface area contributed by atoms with Gasteiger partial charge < -0.3 is 10.2 Å². The third-order valence-corrected chi connectivity index (χ3v) is 4.42. The summed E-state index contributed by atoms with van der Waals surface area (Å²) in [6, 6.07) is 0. The first-order valence-electron chi connectivity index (χ1n) is 8.96. The summed E-state index contributed by atoms with van der Waals surface area (Å²) in [5, 5.41) is 21.6. The van der Waals surface area contributed by atoms with Gasteiger partial charge >= 0.3 is 0 Å². The fraction of sp³-hybridized carbons (Fsp3) is 0.571. The molecule has 2 atom stereocenters. The van der Waals surface area contributed by atoms with Crippen molar-refractivity contribution >= 4 is 17.3 Å². The quantitative estimate of drug-likeness (QED) is 0.508. The Morgan fingerprint density at radius 3 is 2.12 bits per heavy atom. The highest BCUT2D eigenvalue weighted by molar-refractivity contribution is 6.26. The molecule has 1 unspecified atom stereocenters. The van der Waals surface area contributed by atoms with Crippen molar-refractivity contribution in [2.45, 2.75) is 66.4 Å². The van der Waals surface area contributed by atoms with Gasteiger partial charge in [-0.15, -0.1) is 0 Å². The van der Waals surface area contributed by atoms with Crippen LogP contribution in [-0.2, 0) is 14.4 Å². The van der Waals surface area contributed by atoms with E-state index in [1.165, 1.54) is 0 Å². The van der Waals surface area contributed by atoms with Gasteiger partial charge in [0.2, 0.25) is 0 Å². The minimum absolute atomic E-state index is 0.0121. The van der Waals surface area contributed by atoms with Gasteiger partial charge in [-0.1, -0.05) is 37.1 Å². The Balaban J connectivity index is 3.41. The van der Waals surface area contributed by atoms with Crippen LogP contribution in [0.15, 0.2) is 34.6 Å². The Kier molecular flexibility index (Phi) is 7.27. The zero-order valence-corrected chi connectivity index (χ0v) is 16.5. The minimum atomic E-state index is -2.35. The SMILES string of the molecule is CC(C)=CCC(=O)[C@]1(O)C(O)=C(C(=O)CC(C)C)C(=O)C1CC=C(C)C. The molecule has 0 aromatic heterocycles. The molecule has 0 aliphatic heterocycles. The number of carbonyl (C=O) groups excluding carboxylic acids is 3. The van der Waals surface area contributed by atoms with Crippen LogP contribution in [0.1, 0.15) is 60.8 Å². The van der Waals surface area contributed by atoms with Gasteiger partial charge in [0.1, 0.15) is 11.3 Å². The molecule has 2 N–H and O–H groups in total. The molecule has 1 aliphatic carbocycles. The number of carbonyl (C=O) groups is 3. The molecule has 0 saturated heterocycles. The van der Waals surface area contributed by atoms with E-state index in [2.05, 4.69) is 0 Å². The third-order valence-electron chi connectivity index (χ3n) is 4.42. The Hall–Kier alpha value is -2.01. The van der Waals surface area contributed by atoms with E-state index >= 15 is 0 Å². The van der Waals surface area contributed by atoms with Crippen molar-refractivity contribution in [2.75, 3.05) is 0 Å². The zero-order valence-electron chi connectivity index (χ0n) is 16.5. The van der Waals surface area contributed by atoms with E-state index in [9.17, 15) is 24.6 Å². The van der Waals surface area contributed by atoms with Gasteiger partial charge in [-0.25, -0.2) is 0 Å². The number of hydrogen-bond acceptors (Lipinski definition) is 5. The second-order valence-corrected chi connectivity index (χ2v) is 7.85. The molecule has 0 aromatic rings. The summed E-state index contributed by atoms with van der Waals surface area (Å²) in [6.07, 6.45) is 3.39. The standard InChI is InChI=1S/C21H30O5/c1-12(2)7-9-15-19(24)18(16(22)11-14(5)6)20(25)21(15,26)17(23)10-8-13(3)4/h7-8,14-15,25-26H,9-11H2,1-6H3/t15?,21-/m0/s1. The van der Waals surface area contributed by atoms with Crippen molar-refractivity contribution in [1.82, 2.24) is 0 Å². The minimum Gasteiger partial charge on any atom is -0.508 e. The molecule has 5 nitrogen and oxygen atoms in total.